The van der Waals surface area contributed by atoms with Gasteiger partial charge in [0.2, 0.25) is 0 Å². The summed E-state index contributed by atoms with van der Waals surface area (Å²) in [5.74, 6) is -1.26. The molecule has 144 valence electrons. The molecule has 0 amide bonds. The number of ketones is 1. The zero-order valence-corrected chi connectivity index (χ0v) is 18.0. The van der Waals surface area contributed by atoms with Gasteiger partial charge in [-0.05, 0) is 46.6 Å². The summed E-state index contributed by atoms with van der Waals surface area (Å²) in [6, 6.07) is 4.76. The van der Waals surface area contributed by atoms with Gasteiger partial charge in [0.05, 0.1) is 27.5 Å². The van der Waals surface area contributed by atoms with Gasteiger partial charge in [-0.25, -0.2) is 4.98 Å². The van der Waals surface area contributed by atoms with Crippen LogP contribution in [0, 0.1) is 0 Å². The number of carbonyl (C=O) groups excluding carboxylic acids is 2. The number of nitrogens with zero attached hydrogens (tertiary/aromatic N) is 1. The van der Waals surface area contributed by atoms with Crippen LogP contribution in [0.25, 0.3) is 0 Å². The SMILES string of the molecule is CCOC(=O)CCC(=O)c1nc(Cc2c(Cl)ccc(Cl)c2Cl)cc(Br)c1O. The Bertz CT molecular complexity index is 889. The number of carbonyl (C=O) groups is 2. The van der Waals surface area contributed by atoms with Crippen LogP contribution in [0.5, 0.6) is 5.75 Å². The quantitative estimate of drug-likeness (QED) is 0.306. The van der Waals surface area contributed by atoms with E-state index in [4.69, 9.17) is 39.5 Å². The molecule has 1 N–H and O–H groups in total. The molecule has 0 bridgehead atoms. The molecule has 1 heterocycles. The first-order valence-electron chi connectivity index (χ1n) is 7.94. The first-order valence-corrected chi connectivity index (χ1v) is 9.86. The fraction of sp³-hybridized carbons (Fsp3) is 0.278. The second kappa shape index (κ2) is 9.73. The predicted octanol–water partition coefficient (Wildman–Crippen LogP) is 5.63. The molecule has 0 atom stereocenters. The Kier molecular flexibility index (Phi) is 7.91. The van der Waals surface area contributed by atoms with Crippen LogP contribution in [0.1, 0.15) is 41.5 Å². The summed E-state index contributed by atoms with van der Waals surface area (Å²) in [6.07, 6.45) is -0.0230. The number of hydrogen-bond acceptors (Lipinski definition) is 5. The van der Waals surface area contributed by atoms with Gasteiger partial charge in [0.15, 0.2) is 11.5 Å². The minimum Gasteiger partial charge on any atom is -0.504 e. The zero-order chi connectivity index (χ0) is 20.1. The molecule has 0 spiro atoms. The highest BCUT2D eigenvalue weighted by Gasteiger charge is 2.20. The van der Waals surface area contributed by atoms with E-state index in [-0.39, 0.29) is 37.3 Å². The van der Waals surface area contributed by atoms with E-state index in [1.165, 1.54) is 0 Å². The number of ether oxygens (including phenoxy) is 1. The van der Waals surface area contributed by atoms with Crippen molar-refractivity contribution >= 4 is 62.5 Å². The standard InChI is InChI=1S/C18H15BrCl3NO4/c1-2-27-15(25)6-5-14(24)17-18(26)11(19)8-9(23-17)7-10-12(20)3-4-13(21)16(10)22/h3-4,8,26H,2,5-7H2,1H3. The number of Topliss-reactive ketones (excluding diaryl/α,β-unsaturated/α-hetero) is 1. The van der Waals surface area contributed by atoms with E-state index >= 15 is 0 Å². The third-order valence-corrected chi connectivity index (χ3v) is 5.42. The van der Waals surface area contributed by atoms with Crippen LogP contribution in [0.15, 0.2) is 22.7 Å². The van der Waals surface area contributed by atoms with Crippen LogP contribution >= 0.6 is 50.7 Å². The molecule has 0 unspecified atom stereocenters. The van der Waals surface area contributed by atoms with E-state index in [0.717, 1.165) is 0 Å². The molecule has 0 aliphatic carbocycles. The van der Waals surface area contributed by atoms with Crippen LogP contribution in [-0.2, 0) is 16.0 Å². The summed E-state index contributed by atoms with van der Waals surface area (Å²) in [7, 11) is 0. The monoisotopic (exact) mass is 493 g/mol. The summed E-state index contributed by atoms with van der Waals surface area (Å²) in [5.41, 5.74) is 0.865. The third kappa shape index (κ3) is 5.57. The minimum atomic E-state index is -0.488. The van der Waals surface area contributed by atoms with Gasteiger partial charge in [-0.2, -0.15) is 0 Å². The molecule has 0 aliphatic heterocycles. The Morgan fingerprint density at radius 3 is 2.52 bits per heavy atom. The van der Waals surface area contributed by atoms with Gasteiger partial charge >= 0.3 is 5.97 Å². The van der Waals surface area contributed by atoms with Crippen molar-refractivity contribution in [1.82, 2.24) is 4.98 Å². The van der Waals surface area contributed by atoms with E-state index in [9.17, 15) is 14.7 Å². The number of halogens is 4. The maximum atomic E-state index is 12.4. The van der Waals surface area contributed by atoms with Gasteiger partial charge in [0, 0.05) is 23.6 Å². The number of benzene rings is 1. The second-order valence-corrected chi connectivity index (χ2v) is 7.57. The van der Waals surface area contributed by atoms with Crippen molar-refractivity contribution in [2.45, 2.75) is 26.2 Å². The third-order valence-electron chi connectivity index (χ3n) is 3.62. The first-order chi connectivity index (χ1) is 12.7. The Hall–Kier alpha value is -1.34. The molecule has 2 aromatic rings. The van der Waals surface area contributed by atoms with Crippen molar-refractivity contribution in [3.63, 3.8) is 0 Å². The maximum Gasteiger partial charge on any atom is 0.306 e. The van der Waals surface area contributed by atoms with E-state index in [2.05, 4.69) is 20.9 Å². The summed E-state index contributed by atoms with van der Waals surface area (Å²) >= 11 is 21.6. The Morgan fingerprint density at radius 2 is 1.85 bits per heavy atom. The van der Waals surface area contributed by atoms with Crippen molar-refractivity contribution in [2.24, 2.45) is 0 Å². The van der Waals surface area contributed by atoms with Crippen LogP contribution < -0.4 is 0 Å². The molecule has 0 aliphatic rings. The Morgan fingerprint density at radius 1 is 1.19 bits per heavy atom. The molecule has 1 aromatic heterocycles. The summed E-state index contributed by atoms with van der Waals surface area (Å²) in [4.78, 5) is 28.1. The fourth-order valence-corrected chi connectivity index (χ4v) is 3.45. The average Bonchev–Trinajstić information content (AvgIpc) is 2.63. The number of rotatable bonds is 7. The first kappa shape index (κ1) is 22.0. The molecule has 27 heavy (non-hydrogen) atoms. The van der Waals surface area contributed by atoms with Gasteiger partial charge in [0.1, 0.15) is 5.69 Å². The van der Waals surface area contributed by atoms with Gasteiger partial charge in [-0.3, -0.25) is 9.59 Å². The van der Waals surface area contributed by atoms with Gasteiger partial charge in [0.25, 0.3) is 0 Å². The van der Waals surface area contributed by atoms with Crippen molar-refractivity contribution in [3.05, 3.63) is 54.7 Å². The molecule has 0 saturated heterocycles. The number of aromatic nitrogens is 1. The van der Waals surface area contributed by atoms with E-state index in [1.54, 1.807) is 25.1 Å². The molecule has 1 aromatic carbocycles. The molecular formula is C18H15BrCl3NO4. The van der Waals surface area contributed by atoms with Gasteiger partial charge in [-0.1, -0.05) is 34.8 Å². The molecule has 2 rings (SSSR count). The van der Waals surface area contributed by atoms with Crippen LogP contribution in [-0.4, -0.2) is 28.4 Å². The lowest BCUT2D eigenvalue weighted by Crippen LogP contribution is -2.10. The lowest BCUT2D eigenvalue weighted by atomic mass is 10.1. The smallest absolute Gasteiger partial charge is 0.306 e. The largest absolute Gasteiger partial charge is 0.504 e. The number of esters is 1. The second-order valence-electron chi connectivity index (χ2n) is 5.52. The van der Waals surface area contributed by atoms with Crippen molar-refractivity contribution in [1.29, 1.82) is 0 Å². The van der Waals surface area contributed by atoms with Crippen LogP contribution in [0.2, 0.25) is 15.1 Å². The molecule has 0 fully saturated rings. The summed E-state index contributed by atoms with van der Waals surface area (Å²) in [5, 5.41) is 11.2. The van der Waals surface area contributed by atoms with E-state index in [1.807, 2.05) is 0 Å². The molecule has 0 radical (unpaired) electrons. The van der Waals surface area contributed by atoms with Gasteiger partial charge < -0.3 is 9.84 Å². The lowest BCUT2D eigenvalue weighted by molar-refractivity contribution is -0.143. The Labute approximate surface area is 179 Å². The normalized spacial score (nSPS) is 10.7. The summed E-state index contributed by atoms with van der Waals surface area (Å²) < 4.78 is 5.09. The number of pyridine rings is 1. The average molecular weight is 496 g/mol. The number of aromatic hydroxyl groups is 1. The molecular weight excluding hydrogens is 480 g/mol. The fourth-order valence-electron chi connectivity index (χ4n) is 2.32. The van der Waals surface area contributed by atoms with Crippen molar-refractivity contribution in [3.8, 4) is 5.75 Å². The van der Waals surface area contributed by atoms with Crippen molar-refractivity contribution in [2.75, 3.05) is 6.61 Å². The van der Waals surface area contributed by atoms with E-state index in [0.29, 0.717) is 30.8 Å². The minimum absolute atomic E-state index is 0.0956. The molecule has 0 saturated carbocycles. The van der Waals surface area contributed by atoms with E-state index < -0.39 is 11.8 Å². The van der Waals surface area contributed by atoms with Crippen LogP contribution in [0.4, 0.5) is 0 Å². The Balaban J connectivity index is 2.29. The van der Waals surface area contributed by atoms with Crippen molar-refractivity contribution < 1.29 is 19.4 Å². The highest BCUT2D eigenvalue weighted by molar-refractivity contribution is 9.10. The highest BCUT2D eigenvalue weighted by Crippen LogP contribution is 2.34. The highest BCUT2D eigenvalue weighted by atomic mass is 79.9. The zero-order valence-electron chi connectivity index (χ0n) is 14.2. The van der Waals surface area contributed by atoms with Gasteiger partial charge in [-0.15, -0.1) is 0 Å². The number of hydrogen-bond donors (Lipinski definition) is 1. The molecule has 9 heteroatoms. The summed E-state index contributed by atoms with van der Waals surface area (Å²) in [6.45, 7) is 1.92. The maximum absolute atomic E-state index is 12.4. The van der Waals surface area contributed by atoms with Crippen LogP contribution in [0.3, 0.4) is 0 Å². The topological polar surface area (TPSA) is 76.5 Å². The lowest BCUT2D eigenvalue weighted by Gasteiger charge is -2.11. The molecule has 5 nitrogen and oxygen atoms in total. The predicted molar refractivity (Wildman–Crippen MR) is 108 cm³/mol.